The molecule has 0 aromatic heterocycles. The normalized spacial score (nSPS) is 11.5. The van der Waals surface area contributed by atoms with Crippen molar-refractivity contribution in [1.29, 1.82) is 0 Å². The highest BCUT2D eigenvalue weighted by molar-refractivity contribution is 5.76. The lowest BCUT2D eigenvalue weighted by molar-refractivity contribution is -0.143. The molecule has 0 unspecified atom stereocenters. The van der Waals surface area contributed by atoms with Crippen LogP contribution in [0.15, 0.2) is 30.3 Å². The maximum atomic E-state index is 11.3. The third-order valence-electron chi connectivity index (χ3n) is 1.90. The third-order valence-corrected chi connectivity index (χ3v) is 1.90. The monoisotopic (exact) mass is 203 g/mol. The van der Waals surface area contributed by atoms with Gasteiger partial charge in [-0.1, -0.05) is 36.3 Å². The first kappa shape index (κ1) is 11.3. The number of rotatable bonds is 4. The number of esters is 1. The van der Waals surface area contributed by atoms with Crippen LogP contribution < -0.4 is 5.73 Å². The number of hydrogen-bond donors (Lipinski definition) is 1. The van der Waals surface area contributed by atoms with Gasteiger partial charge < -0.3 is 10.5 Å². The van der Waals surface area contributed by atoms with Crippen LogP contribution in [0, 0.1) is 12.3 Å². The summed E-state index contributed by atoms with van der Waals surface area (Å²) in [6.07, 6.45) is 5.42. The van der Waals surface area contributed by atoms with Crippen molar-refractivity contribution >= 4 is 5.97 Å². The number of carbonyl (C=O) groups excluding carboxylic acids is 1. The van der Waals surface area contributed by atoms with Crippen LogP contribution in [0.25, 0.3) is 0 Å². The maximum absolute atomic E-state index is 11.3. The molecule has 3 nitrogen and oxygen atoms in total. The van der Waals surface area contributed by atoms with Crippen LogP contribution >= 0.6 is 0 Å². The van der Waals surface area contributed by atoms with Crippen molar-refractivity contribution < 1.29 is 9.53 Å². The molecule has 0 aliphatic carbocycles. The first-order valence-electron chi connectivity index (χ1n) is 4.63. The molecule has 3 heteroatoms. The summed E-state index contributed by atoms with van der Waals surface area (Å²) in [5.41, 5.74) is 6.65. The van der Waals surface area contributed by atoms with Crippen LogP contribution in [0.5, 0.6) is 0 Å². The molecule has 0 aliphatic heterocycles. The van der Waals surface area contributed by atoms with Crippen molar-refractivity contribution in [3.05, 3.63) is 35.9 Å². The number of hydrogen-bond acceptors (Lipinski definition) is 3. The zero-order valence-electron chi connectivity index (χ0n) is 8.35. The zero-order chi connectivity index (χ0) is 11.1. The highest BCUT2D eigenvalue weighted by Gasteiger charge is 2.14. The molecule has 1 atom stereocenters. The molecular weight excluding hydrogens is 190 g/mol. The van der Waals surface area contributed by atoms with Gasteiger partial charge >= 0.3 is 5.97 Å². The highest BCUT2D eigenvalue weighted by atomic mass is 16.5. The molecule has 1 aromatic rings. The van der Waals surface area contributed by atoms with E-state index in [4.69, 9.17) is 16.9 Å². The molecular formula is C12H13NO2. The topological polar surface area (TPSA) is 52.3 Å². The summed E-state index contributed by atoms with van der Waals surface area (Å²) in [5, 5.41) is 0. The Hall–Kier alpha value is -1.79. The van der Waals surface area contributed by atoms with Crippen LogP contribution in [-0.2, 0) is 16.0 Å². The molecule has 1 rings (SSSR count). The van der Waals surface area contributed by atoms with E-state index in [-0.39, 0.29) is 6.61 Å². The fraction of sp³-hybridized carbons (Fsp3) is 0.250. The lowest BCUT2D eigenvalue weighted by Crippen LogP contribution is -2.34. The molecule has 0 amide bonds. The van der Waals surface area contributed by atoms with Gasteiger partial charge in [0.05, 0.1) is 0 Å². The summed E-state index contributed by atoms with van der Waals surface area (Å²) in [5.74, 6) is 1.76. The molecule has 0 radical (unpaired) electrons. The van der Waals surface area contributed by atoms with E-state index >= 15 is 0 Å². The lowest BCUT2D eigenvalue weighted by atomic mass is 10.1. The number of ether oxygens (including phenoxy) is 1. The van der Waals surface area contributed by atoms with Crippen molar-refractivity contribution in [3.8, 4) is 12.3 Å². The summed E-state index contributed by atoms with van der Waals surface area (Å²) in [6, 6.07) is 8.87. The predicted molar refractivity (Wildman–Crippen MR) is 57.9 cm³/mol. The average Bonchev–Trinajstić information content (AvgIpc) is 2.27. The Balaban J connectivity index is 2.46. The molecule has 0 heterocycles. The minimum absolute atomic E-state index is 0.0265. The summed E-state index contributed by atoms with van der Waals surface area (Å²) in [6.45, 7) is -0.0265. The van der Waals surface area contributed by atoms with Crippen molar-refractivity contribution in [2.75, 3.05) is 6.61 Å². The Morgan fingerprint density at radius 2 is 2.13 bits per heavy atom. The van der Waals surface area contributed by atoms with E-state index in [1.54, 1.807) is 0 Å². The van der Waals surface area contributed by atoms with Gasteiger partial charge in [-0.2, -0.15) is 0 Å². The number of benzene rings is 1. The molecule has 0 bridgehead atoms. The Morgan fingerprint density at radius 3 is 2.73 bits per heavy atom. The summed E-state index contributed by atoms with van der Waals surface area (Å²) >= 11 is 0. The fourth-order valence-corrected chi connectivity index (χ4v) is 1.17. The summed E-state index contributed by atoms with van der Waals surface area (Å²) < 4.78 is 4.73. The molecule has 0 fully saturated rings. The lowest BCUT2D eigenvalue weighted by Gasteiger charge is -2.09. The SMILES string of the molecule is C#CCOC(=O)[C@@H](N)Cc1ccccc1. The number of terminal acetylenes is 1. The van der Waals surface area contributed by atoms with Gasteiger partial charge in [0.1, 0.15) is 6.04 Å². The van der Waals surface area contributed by atoms with Crippen LogP contribution in [-0.4, -0.2) is 18.6 Å². The van der Waals surface area contributed by atoms with Crippen molar-refractivity contribution in [1.82, 2.24) is 0 Å². The van der Waals surface area contributed by atoms with E-state index in [1.807, 2.05) is 30.3 Å². The van der Waals surface area contributed by atoms with E-state index in [1.165, 1.54) is 0 Å². The van der Waals surface area contributed by atoms with E-state index < -0.39 is 12.0 Å². The minimum atomic E-state index is -0.652. The van der Waals surface area contributed by atoms with Crippen LogP contribution in [0.1, 0.15) is 5.56 Å². The van der Waals surface area contributed by atoms with E-state index in [9.17, 15) is 4.79 Å². The first-order chi connectivity index (χ1) is 7.24. The largest absolute Gasteiger partial charge is 0.451 e. The molecule has 1 aromatic carbocycles. The maximum Gasteiger partial charge on any atom is 0.324 e. The highest BCUT2D eigenvalue weighted by Crippen LogP contribution is 2.02. The molecule has 2 N–H and O–H groups in total. The van der Waals surface area contributed by atoms with E-state index in [0.717, 1.165) is 5.56 Å². The summed E-state index contributed by atoms with van der Waals surface area (Å²) in [4.78, 5) is 11.3. The molecule has 0 aliphatic rings. The van der Waals surface area contributed by atoms with Crippen LogP contribution in [0.3, 0.4) is 0 Å². The Bertz CT molecular complexity index is 354. The molecule has 15 heavy (non-hydrogen) atoms. The average molecular weight is 203 g/mol. The van der Waals surface area contributed by atoms with Gasteiger partial charge in [-0.15, -0.1) is 6.42 Å². The molecule has 78 valence electrons. The van der Waals surface area contributed by atoms with Gasteiger partial charge in [0.25, 0.3) is 0 Å². The number of carbonyl (C=O) groups is 1. The van der Waals surface area contributed by atoms with E-state index in [2.05, 4.69) is 5.92 Å². The second kappa shape index (κ2) is 5.84. The minimum Gasteiger partial charge on any atom is -0.451 e. The van der Waals surface area contributed by atoms with Gasteiger partial charge in [-0.3, -0.25) is 4.79 Å². The first-order valence-corrected chi connectivity index (χ1v) is 4.63. The second-order valence-electron chi connectivity index (χ2n) is 3.11. The van der Waals surface area contributed by atoms with Gasteiger partial charge in [0.15, 0.2) is 6.61 Å². The van der Waals surface area contributed by atoms with Crippen molar-refractivity contribution in [3.63, 3.8) is 0 Å². The quantitative estimate of drug-likeness (QED) is 0.580. The van der Waals surface area contributed by atoms with Gasteiger partial charge in [0.2, 0.25) is 0 Å². The zero-order valence-corrected chi connectivity index (χ0v) is 8.35. The van der Waals surface area contributed by atoms with Gasteiger partial charge in [-0.05, 0) is 12.0 Å². The van der Waals surface area contributed by atoms with E-state index in [0.29, 0.717) is 6.42 Å². The predicted octanol–water partition coefficient (Wildman–Crippen LogP) is 0.733. The van der Waals surface area contributed by atoms with Crippen molar-refractivity contribution in [2.45, 2.75) is 12.5 Å². The Labute approximate surface area is 89.2 Å². The van der Waals surface area contributed by atoms with Crippen LogP contribution in [0.4, 0.5) is 0 Å². The summed E-state index contributed by atoms with van der Waals surface area (Å²) in [7, 11) is 0. The van der Waals surface area contributed by atoms with Crippen LogP contribution in [0.2, 0.25) is 0 Å². The molecule has 0 saturated heterocycles. The molecule has 0 spiro atoms. The Morgan fingerprint density at radius 1 is 1.47 bits per heavy atom. The second-order valence-corrected chi connectivity index (χ2v) is 3.11. The fourth-order valence-electron chi connectivity index (χ4n) is 1.17. The smallest absolute Gasteiger partial charge is 0.324 e. The number of nitrogens with two attached hydrogens (primary N) is 1. The van der Waals surface area contributed by atoms with Gasteiger partial charge in [0, 0.05) is 0 Å². The van der Waals surface area contributed by atoms with Gasteiger partial charge in [-0.25, -0.2) is 0 Å². The van der Waals surface area contributed by atoms with Crippen molar-refractivity contribution in [2.24, 2.45) is 5.73 Å². The Kier molecular flexibility index (Phi) is 4.39. The third kappa shape index (κ3) is 3.84. The molecule has 0 saturated carbocycles. The standard InChI is InChI=1S/C12H13NO2/c1-2-8-15-12(14)11(13)9-10-6-4-3-5-7-10/h1,3-7,11H,8-9,13H2/t11-/m0/s1.